The third-order valence-electron chi connectivity index (χ3n) is 3.51. The van der Waals surface area contributed by atoms with Crippen molar-refractivity contribution in [1.82, 2.24) is 0 Å². The Morgan fingerprint density at radius 2 is 1.95 bits per heavy atom. The van der Waals surface area contributed by atoms with Gasteiger partial charge in [0.05, 0.1) is 13.2 Å². The second kappa shape index (κ2) is 5.88. The van der Waals surface area contributed by atoms with Crippen LogP contribution in [0.1, 0.15) is 18.4 Å². The number of nitrogens with zero attached hydrogens (tertiary/aromatic N) is 1. The number of rotatable bonds is 4. The van der Waals surface area contributed by atoms with Crippen LogP contribution in [0.2, 0.25) is 0 Å². The number of hydrogen-bond acceptors (Lipinski definition) is 4. The first kappa shape index (κ1) is 15.6. The number of ether oxygens (including phenoxy) is 1. The summed E-state index contributed by atoms with van der Waals surface area (Å²) in [7, 11) is 1.46. The topological polar surface area (TPSA) is 104 Å². The number of methoxy groups -OCH3 is 1. The van der Waals surface area contributed by atoms with Crippen LogP contribution in [0.3, 0.4) is 0 Å². The minimum absolute atomic E-state index is 0.366. The Balaban J connectivity index is 2.60. The Morgan fingerprint density at radius 3 is 2.45 bits per heavy atom. The first-order valence-electron chi connectivity index (χ1n) is 6.48. The van der Waals surface area contributed by atoms with Gasteiger partial charge in [0.1, 0.15) is 11.7 Å². The normalized spacial score (nSPS) is 20.0. The van der Waals surface area contributed by atoms with E-state index in [0.29, 0.717) is 17.0 Å². The van der Waals surface area contributed by atoms with Gasteiger partial charge >= 0.3 is 11.9 Å². The number of benzene rings is 1. The number of carbonyl (C=O) groups excluding carboxylic acids is 1. The van der Waals surface area contributed by atoms with Crippen LogP contribution in [0.25, 0.3) is 0 Å². The predicted molar refractivity (Wildman–Crippen MR) is 77.1 cm³/mol. The van der Waals surface area contributed by atoms with Crippen LogP contribution in [0.15, 0.2) is 30.4 Å². The zero-order chi connectivity index (χ0) is 16.4. The number of carboxylic acid groups (broad SMARTS) is 2. The molecule has 2 atom stereocenters. The lowest BCUT2D eigenvalue weighted by Crippen LogP contribution is -2.38. The lowest BCUT2D eigenvalue weighted by molar-refractivity contribution is -0.139. The average Bonchev–Trinajstić information content (AvgIpc) is 2.78. The molecule has 1 heterocycles. The summed E-state index contributed by atoms with van der Waals surface area (Å²) in [6.45, 7) is 1.31. The fraction of sp³-hybridized carbons (Fsp3) is 0.267. The van der Waals surface area contributed by atoms with Gasteiger partial charge in [0, 0.05) is 18.7 Å². The van der Waals surface area contributed by atoms with Gasteiger partial charge in [0.15, 0.2) is 0 Å². The Kier molecular flexibility index (Phi) is 4.16. The highest BCUT2D eigenvalue weighted by molar-refractivity contribution is 6.00. The first-order valence-corrected chi connectivity index (χ1v) is 6.48. The fourth-order valence-corrected chi connectivity index (χ4v) is 2.66. The summed E-state index contributed by atoms with van der Waals surface area (Å²) in [6, 6.07) is 3.88. The van der Waals surface area contributed by atoms with Crippen LogP contribution in [-0.4, -0.2) is 41.2 Å². The van der Waals surface area contributed by atoms with E-state index >= 15 is 0 Å². The van der Waals surface area contributed by atoms with Crippen molar-refractivity contribution in [1.29, 1.82) is 0 Å². The Bertz CT molecular complexity index is 666. The molecule has 7 heteroatoms. The predicted octanol–water partition coefficient (Wildman–Crippen LogP) is 1.24. The van der Waals surface area contributed by atoms with Crippen molar-refractivity contribution in [3.05, 3.63) is 35.9 Å². The molecule has 0 saturated carbocycles. The highest BCUT2D eigenvalue weighted by atomic mass is 16.5. The summed E-state index contributed by atoms with van der Waals surface area (Å²) in [5, 5.41) is 18.3. The van der Waals surface area contributed by atoms with Gasteiger partial charge in [-0.25, -0.2) is 4.79 Å². The molecule has 2 rings (SSSR count). The summed E-state index contributed by atoms with van der Waals surface area (Å²) in [5.41, 5.74) is 0.864. The van der Waals surface area contributed by atoms with Crippen molar-refractivity contribution >= 4 is 23.5 Å². The number of carbonyl (C=O) groups is 3. The molecule has 2 N–H and O–H groups in total. The highest BCUT2D eigenvalue weighted by Gasteiger charge is 2.43. The molecule has 0 bridgehead atoms. The zero-order valence-corrected chi connectivity index (χ0v) is 12.0. The molecule has 116 valence electrons. The molecule has 1 amide bonds. The third kappa shape index (κ3) is 2.65. The summed E-state index contributed by atoms with van der Waals surface area (Å²) in [5.74, 6) is -3.30. The molecule has 0 spiro atoms. The van der Waals surface area contributed by atoms with Gasteiger partial charge < -0.3 is 19.8 Å². The van der Waals surface area contributed by atoms with Gasteiger partial charge in [-0.1, -0.05) is 6.08 Å². The van der Waals surface area contributed by atoms with Crippen LogP contribution in [0.5, 0.6) is 5.75 Å². The van der Waals surface area contributed by atoms with Crippen molar-refractivity contribution in [2.45, 2.75) is 18.9 Å². The van der Waals surface area contributed by atoms with Crippen molar-refractivity contribution < 1.29 is 29.3 Å². The van der Waals surface area contributed by atoms with Crippen molar-refractivity contribution in [3.8, 4) is 5.75 Å². The summed E-state index contributed by atoms with van der Waals surface area (Å²) >= 11 is 0. The van der Waals surface area contributed by atoms with Gasteiger partial charge in [0.2, 0.25) is 5.91 Å². The molecule has 0 fully saturated rings. The number of amides is 1. The number of anilines is 1. The molecule has 0 radical (unpaired) electrons. The minimum Gasteiger partial charge on any atom is -0.497 e. The van der Waals surface area contributed by atoms with E-state index in [0.717, 1.165) is 6.08 Å². The summed E-state index contributed by atoms with van der Waals surface area (Å²) in [6.07, 6.45) is 2.06. The lowest BCUT2D eigenvalue weighted by atomic mass is 9.94. The standard InChI is InChI=1S/C15H15NO6/c1-8(17)16-11-4-3-9(22-2)7-10(11)14(15(20)21)12(16)5-6-13(18)19/h3-7,12,14H,1-2H3,(H,18,19)(H,20,21)/b6-5+. The fourth-order valence-electron chi connectivity index (χ4n) is 2.66. The van der Waals surface area contributed by atoms with E-state index in [9.17, 15) is 19.5 Å². The minimum atomic E-state index is -1.21. The zero-order valence-electron chi connectivity index (χ0n) is 12.0. The van der Waals surface area contributed by atoms with E-state index in [1.54, 1.807) is 18.2 Å². The Morgan fingerprint density at radius 1 is 1.27 bits per heavy atom. The molecule has 7 nitrogen and oxygen atoms in total. The molecular weight excluding hydrogens is 290 g/mol. The maximum atomic E-state index is 11.9. The van der Waals surface area contributed by atoms with E-state index in [1.165, 1.54) is 25.0 Å². The molecule has 0 saturated heterocycles. The summed E-state index contributed by atoms with van der Waals surface area (Å²) in [4.78, 5) is 35.5. The van der Waals surface area contributed by atoms with Crippen LogP contribution in [-0.2, 0) is 14.4 Å². The van der Waals surface area contributed by atoms with Crippen molar-refractivity contribution in [2.24, 2.45) is 0 Å². The van der Waals surface area contributed by atoms with Gasteiger partial charge in [-0.2, -0.15) is 0 Å². The van der Waals surface area contributed by atoms with Gasteiger partial charge in [-0.3, -0.25) is 9.59 Å². The van der Waals surface area contributed by atoms with Crippen LogP contribution in [0.4, 0.5) is 5.69 Å². The largest absolute Gasteiger partial charge is 0.497 e. The smallest absolute Gasteiger partial charge is 0.328 e. The summed E-state index contributed by atoms with van der Waals surface area (Å²) < 4.78 is 5.09. The van der Waals surface area contributed by atoms with Gasteiger partial charge in [-0.15, -0.1) is 0 Å². The van der Waals surface area contributed by atoms with Crippen LogP contribution in [0, 0.1) is 0 Å². The van der Waals surface area contributed by atoms with E-state index in [2.05, 4.69) is 0 Å². The number of carboxylic acids is 2. The molecule has 1 aromatic rings. The second-order valence-electron chi connectivity index (χ2n) is 4.82. The molecule has 0 aliphatic carbocycles. The van der Waals surface area contributed by atoms with Crippen LogP contribution >= 0.6 is 0 Å². The van der Waals surface area contributed by atoms with Crippen molar-refractivity contribution in [2.75, 3.05) is 12.0 Å². The third-order valence-corrected chi connectivity index (χ3v) is 3.51. The molecular formula is C15H15NO6. The van der Waals surface area contributed by atoms with Gasteiger partial charge in [-0.05, 0) is 23.8 Å². The van der Waals surface area contributed by atoms with E-state index in [4.69, 9.17) is 9.84 Å². The Hall–Kier alpha value is -2.83. The van der Waals surface area contributed by atoms with E-state index in [1.807, 2.05) is 0 Å². The number of aliphatic carboxylic acids is 2. The monoisotopic (exact) mass is 305 g/mol. The highest BCUT2D eigenvalue weighted by Crippen LogP contribution is 2.43. The maximum Gasteiger partial charge on any atom is 0.328 e. The SMILES string of the molecule is COc1ccc2c(c1)C(C(=O)O)C(/C=C/C(=O)O)N2C(C)=O. The molecule has 1 aliphatic heterocycles. The molecule has 1 aliphatic rings. The lowest BCUT2D eigenvalue weighted by Gasteiger charge is -2.23. The van der Waals surface area contributed by atoms with E-state index in [-0.39, 0.29) is 5.91 Å². The molecule has 1 aromatic carbocycles. The van der Waals surface area contributed by atoms with Crippen molar-refractivity contribution in [3.63, 3.8) is 0 Å². The molecule has 2 unspecified atom stereocenters. The molecule has 22 heavy (non-hydrogen) atoms. The quantitative estimate of drug-likeness (QED) is 0.811. The maximum absolute atomic E-state index is 11.9. The number of fused-ring (bicyclic) bond motifs is 1. The van der Waals surface area contributed by atoms with Crippen LogP contribution < -0.4 is 9.64 Å². The Labute approximate surface area is 126 Å². The van der Waals surface area contributed by atoms with Gasteiger partial charge in [0.25, 0.3) is 0 Å². The molecule has 0 aromatic heterocycles. The first-order chi connectivity index (χ1) is 10.4. The second-order valence-corrected chi connectivity index (χ2v) is 4.82. The number of hydrogen-bond donors (Lipinski definition) is 2. The average molecular weight is 305 g/mol. The van der Waals surface area contributed by atoms with E-state index < -0.39 is 23.9 Å².